The van der Waals surface area contributed by atoms with Crippen molar-refractivity contribution in [2.75, 3.05) is 0 Å². The molecule has 1 aromatic carbocycles. The van der Waals surface area contributed by atoms with E-state index >= 15 is 0 Å². The maximum Gasteiger partial charge on any atom is 0.335 e. The molecule has 0 aliphatic heterocycles. The van der Waals surface area contributed by atoms with Gasteiger partial charge in [0.05, 0.1) is 11.3 Å². The largest absolute Gasteiger partial charge is 0.478 e. The average molecular weight is 215 g/mol. The zero-order valence-electron chi connectivity index (χ0n) is 7.17. The first kappa shape index (κ1) is 10.7. The van der Waals surface area contributed by atoms with E-state index < -0.39 is 21.7 Å². The molecule has 0 aromatic heterocycles. The van der Waals surface area contributed by atoms with Crippen molar-refractivity contribution in [1.82, 2.24) is 0 Å². The first-order valence-electron chi connectivity index (χ1n) is 3.72. The van der Waals surface area contributed by atoms with E-state index in [0.29, 0.717) is 0 Å². The van der Waals surface area contributed by atoms with E-state index in [1.54, 1.807) is 6.07 Å². The molecular weight excluding hydrogens is 206 g/mol. The minimum Gasteiger partial charge on any atom is -0.478 e. The van der Waals surface area contributed by atoms with Gasteiger partial charge in [-0.1, -0.05) is 18.2 Å². The van der Waals surface area contributed by atoms with Crippen LogP contribution in [0.4, 0.5) is 0 Å². The fraction of sp³-hybridized carbons (Fsp3) is 0.125. The van der Waals surface area contributed by atoms with Gasteiger partial charge in [-0.2, -0.15) is 0 Å². The van der Waals surface area contributed by atoms with Gasteiger partial charge in [0.25, 0.3) is 0 Å². The number of carbonyl (C=O) groups is 1. The molecule has 1 aromatic rings. The molecule has 0 amide bonds. The number of hydrogen-bond acceptors (Lipinski definition) is 3. The topological polar surface area (TPSA) is 97.5 Å². The van der Waals surface area contributed by atoms with E-state index in [2.05, 4.69) is 0 Å². The molecule has 0 unspecified atom stereocenters. The van der Waals surface area contributed by atoms with Crippen molar-refractivity contribution in [3.05, 3.63) is 35.4 Å². The summed E-state index contributed by atoms with van der Waals surface area (Å²) in [6, 6.07) is 5.85. The summed E-state index contributed by atoms with van der Waals surface area (Å²) in [5.41, 5.74) is 0.157. The summed E-state index contributed by atoms with van der Waals surface area (Å²) in [4.78, 5) is 10.7. The molecule has 0 spiro atoms. The van der Waals surface area contributed by atoms with E-state index in [1.807, 2.05) is 0 Å². The second-order valence-corrected chi connectivity index (χ2v) is 4.38. The number of primary sulfonamides is 1. The summed E-state index contributed by atoms with van der Waals surface area (Å²) in [5.74, 6) is -1.63. The Bertz CT molecular complexity index is 452. The molecule has 0 saturated carbocycles. The maximum atomic E-state index is 10.8. The molecule has 1 rings (SSSR count). The average Bonchev–Trinajstić information content (AvgIpc) is 2.01. The lowest BCUT2D eigenvalue weighted by atomic mass is 10.1. The third-order valence-corrected chi connectivity index (χ3v) is 2.32. The minimum atomic E-state index is -3.70. The van der Waals surface area contributed by atoms with Gasteiger partial charge in [-0.3, -0.25) is 0 Å². The lowest BCUT2D eigenvalue weighted by Crippen LogP contribution is -2.16. The van der Waals surface area contributed by atoms with Crippen LogP contribution in [-0.4, -0.2) is 19.5 Å². The van der Waals surface area contributed by atoms with E-state index in [9.17, 15) is 13.2 Å². The number of carboxylic acid groups (broad SMARTS) is 1. The highest BCUT2D eigenvalue weighted by molar-refractivity contribution is 7.88. The van der Waals surface area contributed by atoms with Crippen molar-refractivity contribution in [2.24, 2.45) is 5.14 Å². The van der Waals surface area contributed by atoms with Crippen LogP contribution < -0.4 is 5.14 Å². The highest BCUT2D eigenvalue weighted by Gasteiger charge is 2.13. The second kappa shape index (κ2) is 3.77. The predicted molar refractivity (Wildman–Crippen MR) is 50.2 cm³/mol. The zero-order chi connectivity index (χ0) is 10.8. The predicted octanol–water partition coefficient (Wildman–Crippen LogP) is 0.173. The van der Waals surface area contributed by atoms with Crippen molar-refractivity contribution < 1.29 is 18.3 Å². The highest BCUT2D eigenvalue weighted by Crippen LogP contribution is 2.10. The number of carboxylic acids is 1. The summed E-state index contributed by atoms with van der Waals surface area (Å²) in [6.07, 6.45) is 0. The molecule has 0 aliphatic rings. The molecule has 0 radical (unpaired) electrons. The van der Waals surface area contributed by atoms with Crippen molar-refractivity contribution in [3.8, 4) is 0 Å². The van der Waals surface area contributed by atoms with Crippen LogP contribution in [0.1, 0.15) is 15.9 Å². The number of rotatable bonds is 3. The Morgan fingerprint density at radius 1 is 1.36 bits per heavy atom. The molecule has 76 valence electrons. The minimum absolute atomic E-state index is 0.0403. The van der Waals surface area contributed by atoms with Gasteiger partial charge in [0, 0.05) is 0 Å². The molecule has 0 heterocycles. The van der Waals surface area contributed by atoms with E-state index in [0.717, 1.165) is 0 Å². The summed E-state index contributed by atoms with van der Waals surface area (Å²) in [7, 11) is -3.70. The zero-order valence-corrected chi connectivity index (χ0v) is 7.99. The smallest absolute Gasteiger partial charge is 0.335 e. The SMILES string of the molecule is NS(=O)(=O)Cc1ccccc1C(=O)O. The van der Waals surface area contributed by atoms with Gasteiger partial charge in [0.1, 0.15) is 0 Å². The number of sulfonamides is 1. The summed E-state index contributed by atoms with van der Waals surface area (Å²) >= 11 is 0. The quantitative estimate of drug-likeness (QED) is 0.751. The Morgan fingerprint density at radius 3 is 2.43 bits per heavy atom. The van der Waals surface area contributed by atoms with E-state index in [4.69, 9.17) is 10.2 Å². The molecule has 14 heavy (non-hydrogen) atoms. The van der Waals surface area contributed by atoms with Crippen LogP contribution in [0, 0.1) is 0 Å². The number of nitrogens with two attached hydrogens (primary N) is 1. The Morgan fingerprint density at radius 2 is 1.93 bits per heavy atom. The summed E-state index contributed by atoms with van der Waals surface area (Å²) in [6.45, 7) is 0. The fourth-order valence-electron chi connectivity index (χ4n) is 1.07. The number of benzene rings is 1. The van der Waals surface area contributed by atoms with Gasteiger partial charge in [-0.05, 0) is 11.6 Å². The van der Waals surface area contributed by atoms with Crippen molar-refractivity contribution >= 4 is 16.0 Å². The molecular formula is C8H9NO4S. The van der Waals surface area contributed by atoms with Gasteiger partial charge >= 0.3 is 5.97 Å². The Balaban J connectivity index is 3.15. The first-order chi connectivity index (χ1) is 6.40. The summed E-state index contributed by atoms with van der Waals surface area (Å²) in [5, 5.41) is 13.5. The van der Waals surface area contributed by atoms with E-state index in [-0.39, 0.29) is 11.1 Å². The fourth-order valence-corrected chi connectivity index (χ4v) is 1.76. The summed E-state index contributed by atoms with van der Waals surface area (Å²) < 4.78 is 21.5. The van der Waals surface area contributed by atoms with Crippen LogP contribution in [-0.2, 0) is 15.8 Å². The molecule has 0 aliphatic carbocycles. The van der Waals surface area contributed by atoms with Crippen LogP contribution in [0.15, 0.2) is 24.3 Å². The van der Waals surface area contributed by atoms with Crippen molar-refractivity contribution in [2.45, 2.75) is 5.75 Å². The van der Waals surface area contributed by atoms with Crippen molar-refractivity contribution in [3.63, 3.8) is 0 Å². The van der Waals surface area contributed by atoms with E-state index in [1.165, 1.54) is 18.2 Å². The molecule has 3 N–H and O–H groups in total. The molecule has 5 nitrogen and oxygen atoms in total. The Kier molecular flexibility index (Phi) is 2.87. The normalized spacial score (nSPS) is 11.2. The van der Waals surface area contributed by atoms with Crippen LogP contribution in [0.3, 0.4) is 0 Å². The molecule has 0 fully saturated rings. The monoisotopic (exact) mass is 215 g/mol. The lowest BCUT2D eigenvalue weighted by Gasteiger charge is -2.03. The van der Waals surface area contributed by atoms with Crippen LogP contribution >= 0.6 is 0 Å². The molecule has 6 heteroatoms. The molecule has 0 bridgehead atoms. The Labute approximate surface area is 81.2 Å². The van der Waals surface area contributed by atoms with Gasteiger partial charge in [-0.25, -0.2) is 18.4 Å². The third kappa shape index (κ3) is 2.82. The number of hydrogen-bond donors (Lipinski definition) is 2. The number of aromatic carboxylic acids is 1. The first-order valence-corrected chi connectivity index (χ1v) is 5.43. The van der Waals surface area contributed by atoms with Gasteiger partial charge in [0.15, 0.2) is 0 Å². The Hall–Kier alpha value is -1.40. The molecule has 0 atom stereocenters. The molecule has 0 saturated heterocycles. The third-order valence-electron chi connectivity index (χ3n) is 1.60. The van der Waals surface area contributed by atoms with Gasteiger partial charge in [0.2, 0.25) is 10.0 Å². The maximum absolute atomic E-state index is 10.8. The highest BCUT2D eigenvalue weighted by atomic mass is 32.2. The van der Waals surface area contributed by atoms with Crippen LogP contribution in [0.5, 0.6) is 0 Å². The van der Waals surface area contributed by atoms with Crippen molar-refractivity contribution in [1.29, 1.82) is 0 Å². The second-order valence-electron chi connectivity index (χ2n) is 2.77. The standard InChI is InChI=1S/C8H9NO4S/c9-14(12,13)5-6-3-1-2-4-7(6)8(10)11/h1-4H,5H2,(H,10,11)(H2,9,12,13). The van der Waals surface area contributed by atoms with Gasteiger partial charge < -0.3 is 5.11 Å². The van der Waals surface area contributed by atoms with Crippen LogP contribution in [0.2, 0.25) is 0 Å². The van der Waals surface area contributed by atoms with Gasteiger partial charge in [-0.15, -0.1) is 0 Å². The lowest BCUT2D eigenvalue weighted by molar-refractivity contribution is 0.0696. The van der Waals surface area contributed by atoms with Crippen LogP contribution in [0.25, 0.3) is 0 Å².